The number of benzene rings is 1. The van der Waals surface area contributed by atoms with Crippen molar-refractivity contribution in [3.63, 3.8) is 0 Å². The third-order valence-corrected chi connectivity index (χ3v) is 5.91. The number of hydrogen-bond acceptors (Lipinski definition) is 5. The number of amides is 2. The van der Waals surface area contributed by atoms with Crippen LogP contribution in [0.5, 0.6) is 5.75 Å². The minimum atomic E-state index is -0.738. The topological polar surface area (TPSA) is 91.3 Å². The monoisotopic (exact) mass is 489 g/mol. The van der Waals surface area contributed by atoms with Crippen LogP contribution in [-0.4, -0.2) is 21.9 Å². The van der Waals surface area contributed by atoms with E-state index in [1.54, 1.807) is 11.4 Å². The lowest BCUT2D eigenvalue weighted by molar-refractivity contribution is 0.0988. The highest BCUT2D eigenvalue weighted by atomic mass is 35.5. The molecule has 0 aliphatic rings. The van der Waals surface area contributed by atoms with Crippen molar-refractivity contribution < 1.29 is 14.7 Å². The summed E-state index contributed by atoms with van der Waals surface area (Å²) in [5.74, 6) is -1.51. The normalized spacial score (nSPS) is 10.6. The number of nitrogens with one attached hydrogen (secondary N) is 2. The smallest absolute Gasteiger partial charge is 0.260 e. The molecule has 0 aliphatic carbocycles. The van der Waals surface area contributed by atoms with E-state index < -0.39 is 17.6 Å². The number of phenolic OH excluding ortho intramolecular Hbond substituents is 1. The first-order chi connectivity index (χ1) is 13.8. The Kier molecular flexibility index (Phi) is 6.87. The Morgan fingerprint density at radius 1 is 1.07 bits per heavy atom. The number of aromatic nitrogens is 1. The molecule has 0 radical (unpaired) electrons. The van der Waals surface area contributed by atoms with Gasteiger partial charge in [-0.05, 0) is 35.2 Å². The lowest BCUT2D eigenvalue weighted by Crippen LogP contribution is -2.20. The van der Waals surface area contributed by atoms with Gasteiger partial charge in [0.1, 0.15) is 16.6 Å². The Morgan fingerprint density at radius 3 is 2.45 bits per heavy atom. The molecule has 0 spiro atoms. The number of aromatic hydroxyl groups is 1. The Balaban J connectivity index is 1.93. The number of hydrogen-bond donors (Lipinski definition) is 3. The van der Waals surface area contributed by atoms with Gasteiger partial charge in [-0.15, -0.1) is 22.9 Å². The van der Waals surface area contributed by atoms with E-state index in [2.05, 4.69) is 15.6 Å². The second kappa shape index (κ2) is 9.19. The maximum Gasteiger partial charge on any atom is 0.260 e. The molecule has 2 heterocycles. The van der Waals surface area contributed by atoms with Gasteiger partial charge in [0.15, 0.2) is 0 Å². The molecule has 2 amide bonds. The molecule has 0 saturated carbocycles. The van der Waals surface area contributed by atoms with Crippen LogP contribution < -0.4 is 10.6 Å². The molecule has 0 unspecified atom stereocenters. The maximum absolute atomic E-state index is 12.8. The summed E-state index contributed by atoms with van der Waals surface area (Å²) >= 11 is 24.9. The fourth-order valence-corrected chi connectivity index (χ4v) is 4.27. The van der Waals surface area contributed by atoms with Crippen LogP contribution in [0, 0.1) is 0 Å². The first-order valence-corrected chi connectivity index (χ1v) is 10.4. The SMILES string of the molecule is O=C(Nc1ccc(Cl)cn1)c1cc(Cl)cc(O)c1C(=O)Nc1scc(CCl)c1Cl. The number of nitrogens with zero attached hydrogens (tertiary/aromatic N) is 1. The van der Waals surface area contributed by atoms with E-state index in [0.29, 0.717) is 20.6 Å². The van der Waals surface area contributed by atoms with Crippen molar-refractivity contribution in [3.05, 3.63) is 67.6 Å². The standard InChI is InChI=1S/C18H11Cl4N3O3S/c19-5-8-7-29-18(15(8)22)25-17(28)14-11(3-10(21)4-12(14)26)16(27)24-13-2-1-9(20)6-23-13/h1-4,6-7,26H,5H2,(H,25,28)(H,23,24,27). The maximum atomic E-state index is 12.8. The Hall–Kier alpha value is -2.03. The minimum absolute atomic E-state index is 0.0758. The molecule has 29 heavy (non-hydrogen) atoms. The van der Waals surface area contributed by atoms with Gasteiger partial charge in [0, 0.05) is 17.1 Å². The third-order valence-electron chi connectivity index (χ3n) is 3.69. The van der Waals surface area contributed by atoms with Crippen LogP contribution in [0.3, 0.4) is 0 Å². The number of pyridine rings is 1. The van der Waals surface area contributed by atoms with Gasteiger partial charge in [-0.1, -0.05) is 34.8 Å². The van der Waals surface area contributed by atoms with E-state index in [9.17, 15) is 14.7 Å². The van der Waals surface area contributed by atoms with Gasteiger partial charge in [-0.2, -0.15) is 0 Å². The molecular formula is C18H11Cl4N3O3S. The van der Waals surface area contributed by atoms with Gasteiger partial charge in [0.2, 0.25) is 0 Å². The third kappa shape index (κ3) is 4.94. The van der Waals surface area contributed by atoms with Crippen molar-refractivity contribution in [1.82, 2.24) is 4.98 Å². The van der Waals surface area contributed by atoms with Crippen LogP contribution in [-0.2, 0) is 5.88 Å². The second-order valence-electron chi connectivity index (χ2n) is 5.66. The van der Waals surface area contributed by atoms with Gasteiger partial charge >= 0.3 is 0 Å². The van der Waals surface area contributed by atoms with Crippen molar-refractivity contribution in [2.24, 2.45) is 0 Å². The van der Waals surface area contributed by atoms with Crippen LogP contribution in [0.1, 0.15) is 26.3 Å². The predicted molar refractivity (Wildman–Crippen MR) is 117 cm³/mol. The zero-order valence-corrected chi connectivity index (χ0v) is 18.1. The molecule has 3 aromatic rings. The highest BCUT2D eigenvalue weighted by molar-refractivity contribution is 7.15. The summed E-state index contributed by atoms with van der Waals surface area (Å²) in [5, 5.41) is 18.2. The van der Waals surface area contributed by atoms with E-state index in [1.807, 2.05) is 0 Å². The van der Waals surface area contributed by atoms with Crippen molar-refractivity contribution in [1.29, 1.82) is 0 Å². The number of carbonyl (C=O) groups is 2. The summed E-state index contributed by atoms with van der Waals surface area (Å²) in [6.07, 6.45) is 1.35. The molecule has 3 rings (SSSR count). The summed E-state index contributed by atoms with van der Waals surface area (Å²) in [4.78, 5) is 29.5. The summed E-state index contributed by atoms with van der Waals surface area (Å²) in [6, 6.07) is 5.46. The van der Waals surface area contributed by atoms with Gasteiger partial charge in [0.25, 0.3) is 11.8 Å². The molecule has 2 aromatic heterocycles. The van der Waals surface area contributed by atoms with E-state index in [1.165, 1.54) is 29.7 Å². The molecule has 11 heteroatoms. The first kappa shape index (κ1) is 21.7. The second-order valence-corrected chi connectivity index (χ2v) is 8.05. The fraction of sp³-hybridized carbons (Fsp3) is 0.0556. The van der Waals surface area contributed by atoms with Crippen molar-refractivity contribution in [2.75, 3.05) is 10.6 Å². The molecule has 0 bridgehead atoms. The summed E-state index contributed by atoms with van der Waals surface area (Å²) in [7, 11) is 0. The summed E-state index contributed by atoms with van der Waals surface area (Å²) in [6.45, 7) is 0. The minimum Gasteiger partial charge on any atom is -0.507 e. The lowest BCUT2D eigenvalue weighted by atomic mass is 10.0. The molecule has 1 aromatic carbocycles. The average Bonchev–Trinajstić information content (AvgIpc) is 3.02. The number of alkyl halides is 1. The Morgan fingerprint density at radius 2 is 1.83 bits per heavy atom. The largest absolute Gasteiger partial charge is 0.507 e. The zero-order chi connectivity index (χ0) is 21.1. The highest BCUT2D eigenvalue weighted by Crippen LogP contribution is 2.35. The van der Waals surface area contributed by atoms with E-state index in [4.69, 9.17) is 46.4 Å². The first-order valence-electron chi connectivity index (χ1n) is 7.88. The average molecular weight is 491 g/mol. The summed E-state index contributed by atoms with van der Waals surface area (Å²) in [5.41, 5.74) is 0.244. The van der Waals surface area contributed by atoms with Crippen LogP contribution in [0.25, 0.3) is 0 Å². The Bertz CT molecular complexity index is 1090. The van der Waals surface area contributed by atoms with E-state index in [-0.39, 0.29) is 27.8 Å². The molecule has 0 fully saturated rings. The molecule has 3 N–H and O–H groups in total. The molecular weight excluding hydrogens is 480 g/mol. The van der Waals surface area contributed by atoms with Gasteiger partial charge in [-0.3, -0.25) is 9.59 Å². The number of anilines is 2. The fourth-order valence-electron chi connectivity index (χ4n) is 2.36. The molecule has 6 nitrogen and oxygen atoms in total. The number of thiophene rings is 1. The zero-order valence-electron chi connectivity index (χ0n) is 14.3. The highest BCUT2D eigenvalue weighted by Gasteiger charge is 2.24. The number of halogens is 4. The molecule has 0 saturated heterocycles. The van der Waals surface area contributed by atoms with Crippen LogP contribution in [0.15, 0.2) is 35.8 Å². The van der Waals surface area contributed by atoms with Crippen LogP contribution >= 0.6 is 57.7 Å². The van der Waals surface area contributed by atoms with Crippen molar-refractivity contribution in [2.45, 2.75) is 5.88 Å². The predicted octanol–water partition coefficient (Wildman–Crippen LogP) is 6.05. The quantitative estimate of drug-likeness (QED) is 0.379. The summed E-state index contributed by atoms with van der Waals surface area (Å²) < 4.78 is 0. The van der Waals surface area contributed by atoms with Crippen LogP contribution in [0.2, 0.25) is 15.1 Å². The van der Waals surface area contributed by atoms with E-state index >= 15 is 0 Å². The Labute approximate surface area is 189 Å². The number of carbonyl (C=O) groups excluding carboxylic acids is 2. The van der Waals surface area contributed by atoms with E-state index in [0.717, 1.165) is 6.07 Å². The molecule has 150 valence electrons. The van der Waals surface area contributed by atoms with Gasteiger partial charge in [-0.25, -0.2) is 4.98 Å². The van der Waals surface area contributed by atoms with Crippen molar-refractivity contribution in [3.8, 4) is 5.75 Å². The lowest BCUT2D eigenvalue weighted by Gasteiger charge is -2.12. The number of rotatable bonds is 5. The van der Waals surface area contributed by atoms with Gasteiger partial charge in [0.05, 0.1) is 21.2 Å². The molecule has 0 atom stereocenters. The van der Waals surface area contributed by atoms with Crippen LogP contribution in [0.4, 0.5) is 10.8 Å². The number of phenols is 1. The van der Waals surface area contributed by atoms with Crippen molar-refractivity contribution >= 4 is 80.4 Å². The molecule has 0 aliphatic heterocycles. The van der Waals surface area contributed by atoms with Gasteiger partial charge < -0.3 is 15.7 Å².